The normalized spacial score (nSPS) is 13.3. The number of hydrogen-bond donors (Lipinski definition) is 0. The van der Waals surface area contributed by atoms with Crippen LogP contribution in [0.1, 0.15) is 33.4 Å². The largest absolute Gasteiger partial charge is 0.310 e. The van der Waals surface area contributed by atoms with Crippen LogP contribution in [0.5, 0.6) is 0 Å². The Labute approximate surface area is 304 Å². The number of para-hydroxylation sites is 1. The SMILES string of the molecule is Cc1ccc(C)c(N(c2ccccc2)c2ccc3c4c(ccc3c2)-c2c(c3ccccc3c3ccccc23)C42c3ccccc3-c3ccccc32)c1. The second-order valence-corrected chi connectivity index (χ2v) is 14.5. The van der Waals surface area contributed by atoms with Crippen LogP contribution in [0.2, 0.25) is 0 Å². The smallest absolute Gasteiger partial charge is 0.0737 e. The molecule has 1 spiro atoms. The summed E-state index contributed by atoms with van der Waals surface area (Å²) < 4.78 is 0. The van der Waals surface area contributed by atoms with E-state index in [1.54, 1.807) is 0 Å². The zero-order valence-corrected chi connectivity index (χ0v) is 29.2. The summed E-state index contributed by atoms with van der Waals surface area (Å²) in [6.07, 6.45) is 0. The molecule has 52 heavy (non-hydrogen) atoms. The second kappa shape index (κ2) is 10.8. The van der Waals surface area contributed by atoms with Gasteiger partial charge in [0.1, 0.15) is 0 Å². The van der Waals surface area contributed by atoms with Gasteiger partial charge in [0.25, 0.3) is 0 Å². The molecule has 1 heteroatoms. The number of anilines is 3. The van der Waals surface area contributed by atoms with Gasteiger partial charge >= 0.3 is 0 Å². The Balaban J connectivity index is 1.28. The zero-order chi connectivity index (χ0) is 34.6. The maximum absolute atomic E-state index is 2.42. The third-order valence-corrected chi connectivity index (χ3v) is 11.8. The van der Waals surface area contributed by atoms with Crippen molar-refractivity contribution in [1.82, 2.24) is 0 Å². The summed E-state index contributed by atoms with van der Waals surface area (Å²) in [6, 6.07) is 65.9. The second-order valence-electron chi connectivity index (χ2n) is 14.5. The topological polar surface area (TPSA) is 3.24 Å². The Hall–Kier alpha value is -6.44. The van der Waals surface area contributed by atoms with Crippen molar-refractivity contribution in [2.24, 2.45) is 0 Å². The third kappa shape index (κ3) is 3.78. The van der Waals surface area contributed by atoms with Crippen molar-refractivity contribution in [2.45, 2.75) is 19.3 Å². The fraction of sp³-hybridized carbons (Fsp3) is 0.0588. The van der Waals surface area contributed by atoms with Gasteiger partial charge in [0.05, 0.1) is 5.41 Å². The lowest BCUT2D eigenvalue weighted by Crippen LogP contribution is -2.26. The molecular weight excluding hydrogens is 627 g/mol. The molecule has 0 aromatic heterocycles. The summed E-state index contributed by atoms with van der Waals surface area (Å²) in [4.78, 5) is 2.42. The maximum Gasteiger partial charge on any atom is 0.0737 e. The first-order chi connectivity index (χ1) is 25.6. The monoisotopic (exact) mass is 661 g/mol. The number of hydrogen-bond acceptors (Lipinski definition) is 1. The van der Waals surface area contributed by atoms with E-state index < -0.39 is 5.41 Å². The summed E-state index contributed by atoms with van der Waals surface area (Å²) in [7, 11) is 0. The van der Waals surface area contributed by atoms with Crippen LogP contribution in [0.25, 0.3) is 54.6 Å². The molecule has 0 amide bonds. The Morgan fingerprint density at radius 1 is 0.404 bits per heavy atom. The van der Waals surface area contributed by atoms with E-state index in [2.05, 4.69) is 195 Å². The van der Waals surface area contributed by atoms with Gasteiger partial charge in [-0.25, -0.2) is 0 Å². The van der Waals surface area contributed by atoms with Gasteiger partial charge in [-0.05, 0) is 132 Å². The van der Waals surface area contributed by atoms with E-state index >= 15 is 0 Å². The van der Waals surface area contributed by atoms with E-state index in [0.717, 1.165) is 11.4 Å². The first-order valence-electron chi connectivity index (χ1n) is 18.3. The minimum atomic E-state index is -0.477. The lowest BCUT2D eigenvalue weighted by molar-refractivity contribution is 0.809. The van der Waals surface area contributed by atoms with Gasteiger partial charge in [0.15, 0.2) is 0 Å². The van der Waals surface area contributed by atoms with Gasteiger partial charge in [-0.3, -0.25) is 0 Å². The molecule has 2 aliphatic carbocycles. The molecule has 9 aromatic carbocycles. The molecule has 0 unspecified atom stereocenters. The van der Waals surface area contributed by atoms with Crippen LogP contribution in [-0.4, -0.2) is 0 Å². The molecule has 244 valence electrons. The summed E-state index contributed by atoms with van der Waals surface area (Å²) in [5, 5.41) is 7.80. The molecule has 2 aliphatic rings. The molecule has 0 aliphatic heterocycles. The van der Waals surface area contributed by atoms with Crippen molar-refractivity contribution < 1.29 is 0 Å². The minimum absolute atomic E-state index is 0.477. The van der Waals surface area contributed by atoms with Gasteiger partial charge in [0, 0.05) is 17.1 Å². The Kier molecular flexibility index (Phi) is 6.08. The van der Waals surface area contributed by atoms with E-state index in [0.29, 0.717) is 0 Å². The van der Waals surface area contributed by atoms with Gasteiger partial charge in [0.2, 0.25) is 0 Å². The average molecular weight is 662 g/mol. The van der Waals surface area contributed by atoms with Crippen molar-refractivity contribution in [3.63, 3.8) is 0 Å². The van der Waals surface area contributed by atoms with E-state index in [1.807, 2.05) is 0 Å². The van der Waals surface area contributed by atoms with Crippen molar-refractivity contribution in [1.29, 1.82) is 0 Å². The van der Waals surface area contributed by atoms with Gasteiger partial charge in [-0.2, -0.15) is 0 Å². The molecule has 0 fully saturated rings. The van der Waals surface area contributed by atoms with Crippen molar-refractivity contribution >= 4 is 49.4 Å². The third-order valence-electron chi connectivity index (χ3n) is 11.8. The highest BCUT2D eigenvalue weighted by molar-refractivity contribution is 6.21. The van der Waals surface area contributed by atoms with E-state index in [1.165, 1.54) is 93.6 Å². The standard InChI is InChI=1S/C51H35N/c1-32-24-25-33(2)47(30-32)52(35-14-4-3-5-15-35)36-27-29-37-34(31-36)26-28-44-48-42-20-8-6-16-38(42)39-17-7-9-21-43(39)50(48)51(49(37)44)45-22-12-10-18-40(45)41-19-11-13-23-46(41)51/h3-31H,1-2H3. The van der Waals surface area contributed by atoms with E-state index in [4.69, 9.17) is 0 Å². The summed E-state index contributed by atoms with van der Waals surface area (Å²) >= 11 is 0. The molecule has 0 atom stereocenters. The summed E-state index contributed by atoms with van der Waals surface area (Å²) in [5.74, 6) is 0. The number of aryl methyl sites for hydroxylation is 2. The predicted octanol–water partition coefficient (Wildman–Crippen LogP) is 13.6. The predicted molar refractivity (Wildman–Crippen MR) is 219 cm³/mol. The first kappa shape index (κ1) is 29.3. The van der Waals surface area contributed by atoms with Gasteiger partial charge < -0.3 is 4.90 Å². The van der Waals surface area contributed by atoms with Crippen LogP contribution in [0, 0.1) is 13.8 Å². The molecular formula is C51H35N. The molecule has 0 N–H and O–H groups in total. The van der Waals surface area contributed by atoms with Gasteiger partial charge in [-0.1, -0.05) is 146 Å². The highest BCUT2D eigenvalue weighted by Crippen LogP contribution is 2.66. The van der Waals surface area contributed by atoms with Gasteiger partial charge in [-0.15, -0.1) is 0 Å². The Morgan fingerprint density at radius 3 is 1.75 bits per heavy atom. The molecule has 0 saturated heterocycles. The molecule has 0 saturated carbocycles. The quantitative estimate of drug-likeness (QED) is 0.170. The molecule has 1 nitrogen and oxygen atoms in total. The Bertz CT molecular complexity index is 2890. The number of fused-ring (bicyclic) bond motifs is 17. The van der Waals surface area contributed by atoms with Crippen molar-refractivity contribution in [3.8, 4) is 22.3 Å². The number of nitrogens with zero attached hydrogens (tertiary/aromatic N) is 1. The first-order valence-corrected chi connectivity index (χ1v) is 18.3. The summed E-state index contributed by atoms with van der Waals surface area (Å²) in [6.45, 7) is 4.39. The summed E-state index contributed by atoms with van der Waals surface area (Å²) in [5.41, 5.74) is 16.4. The van der Waals surface area contributed by atoms with Crippen molar-refractivity contribution in [2.75, 3.05) is 4.90 Å². The lowest BCUT2D eigenvalue weighted by Gasteiger charge is -2.33. The van der Waals surface area contributed by atoms with Crippen LogP contribution >= 0.6 is 0 Å². The zero-order valence-electron chi connectivity index (χ0n) is 29.2. The highest BCUT2D eigenvalue weighted by atomic mass is 15.1. The molecule has 0 heterocycles. The van der Waals surface area contributed by atoms with Crippen LogP contribution in [0.4, 0.5) is 17.1 Å². The van der Waals surface area contributed by atoms with Crippen LogP contribution in [-0.2, 0) is 5.41 Å². The van der Waals surface area contributed by atoms with Crippen LogP contribution in [0.3, 0.4) is 0 Å². The number of rotatable bonds is 3. The van der Waals surface area contributed by atoms with Crippen LogP contribution in [0.15, 0.2) is 176 Å². The number of benzene rings is 9. The minimum Gasteiger partial charge on any atom is -0.310 e. The van der Waals surface area contributed by atoms with E-state index in [-0.39, 0.29) is 0 Å². The molecule has 11 rings (SSSR count). The van der Waals surface area contributed by atoms with E-state index in [9.17, 15) is 0 Å². The maximum atomic E-state index is 2.42. The molecule has 0 bridgehead atoms. The van der Waals surface area contributed by atoms with Crippen molar-refractivity contribution in [3.05, 3.63) is 209 Å². The lowest BCUT2D eigenvalue weighted by atomic mass is 9.68. The molecule has 9 aromatic rings. The fourth-order valence-corrected chi connectivity index (χ4v) is 9.74. The van der Waals surface area contributed by atoms with Crippen LogP contribution < -0.4 is 4.90 Å². The highest BCUT2D eigenvalue weighted by Gasteiger charge is 2.53. The fourth-order valence-electron chi connectivity index (χ4n) is 9.74. The Morgan fingerprint density at radius 2 is 1.02 bits per heavy atom. The average Bonchev–Trinajstić information content (AvgIpc) is 3.68. The molecule has 0 radical (unpaired) electrons.